The van der Waals surface area contributed by atoms with Gasteiger partial charge in [0.1, 0.15) is 5.75 Å². The van der Waals surface area contributed by atoms with Crippen LogP contribution in [0.3, 0.4) is 0 Å². The van der Waals surface area contributed by atoms with Crippen LogP contribution in [0.5, 0.6) is 5.75 Å². The zero-order chi connectivity index (χ0) is 15.0. The Morgan fingerprint density at radius 2 is 1.86 bits per heavy atom. The van der Waals surface area contributed by atoms with Gasteiger partial charge in [-0.15, -0.1) is 12.4 Å². The van der Waals surface area contributed by atoms with Crippen LogP contribution in [0.2, 0.25) is 0 Å². The smallest absolute Gasteiger partial charge is 0.170 e. The van der Waals surface area contributed by atoms with Gasteiger partial charge in [0.2, 0.25) is 0 Å². The van der Waals surface area contributed by atoms with Crippen molar-refractivity contribution in [2.75, 3.05) is 21.2 Å². The summed E-state index contributed by atoms with van der Waals surface area (Å²) in [7, 11) is 5.69. The first-order valence-corrected chi connectivity index (χ1v) is 8.10. The van der Waals surface area contributed by atoms with Crippen LogP contribution in [0.1, 0.15) is 16.7 Å². The van der Waals surface area contributed by atoms with Gasteiger partial charge in [-0.2, -0.15) is 0 Å². The van der Waals surface area contributed by atoms with E-state index in [9.17, 15) is 4.55 Å². The molecule has 0 bridgehead atoms. The fraction of sp³-hybridized carbons (Fsp3) is 0.294. The molecule has 2 aromatic rings. The van der Waals surface area contributed by atoms with Gasteiger partial charge in [0.15, 0.2) is 9.79 Å². The Hall–Kier alpha value is -1.20. The van der Waals surface area contributed by atoms with Crippen LogP contribution >= 0.6 is 12.4 Å². The molecule has 118 valence electrons. The minimum absolute atomic E-state index is 0. The zero-order valence-electron chi connectivity index (χ0n) is 13.0. The Labute approximate surface area is 140 Å². The first-order chi connectivity index (χ1) is 10.1. The minimum atomic E-state index is -1.14. The number of benzene rings is 2. The van der Waals surface area contributed by atoms with Crippen LogP contribution in [-0.4, -0.2) is 30.7 Å². The SMILES string of the molecule is COc1ccc2c(c1CN(C)C)[S+]([O-])c1ccccc1C2.Cl. The Morgan fingerprint density at radius 1 is 1.14 bits per heavy atom. The molecule has 0 amide bonds. The number of methoxy groups -OCH3 is 1. The van der Waals surface area contributed by atoms with Gasteiger partial charge in [0, 0.05) is 35.3 Å². The van der Waals surface area contributed by atoms with Gasteiger partial charge in [-0.05, 0) is 32.3 Å². The Morgan fingerprint density at radius 3 is 2.55 bits per heavy atom. The number of halogens is 1. The molecule has 1 atom stereocenters. The maximum absolute atomic E-state index is 13.0. The van der Waals surface area contributed by atoms with Crippen molar-refractivity contribution in [1.82, 2.24) is 4.90 Å². The Balaban J connectivity index is 0.00000176. The van der Waals surface area contributed by atoms with Gasteiger partial charge < -0.3 is 14.2 Å². The summed E-state index contributed by atoms with van der Waals surface area (Å²) in [6, 6.07) is 12.0. The quantitative estimate of drug-likeness (QED) is 0.806. The molecule has 0 saturated heterocycles. The van der Waals surface area contributed by atoms with Crippen molar-refractivity contribution in [3.8, 4) is 5.75 Å². The molecule has 3 nitrogen and oxygen atoms in total. The second kappa shape index (κ2) is 6.92. The molecule has 1 aliphatic heterocycles. The molecular formula is C17H20ClNO2S. The fourth-order valence-corrected chi connectivity index (χ4v) is 4.40. The number of hydrogen-bond donors (Lipinski definition) is 0. The van der Waals surface area contributed by atoms with Crippen LogP contribution < -0.4 is 4.74 Å². The third-order valence-corrected chi connectivity index (χ3v) is 5.41. The topological polar surface area (TPSA) is 35.5 Å². The molecule has 0 aromatic heterocycles. The summed E-state index contributed by atoms with van der Waals surface area (Å²) in [6.07, 6.45) is 0.835. The van der Waals surface area contributed by atoms with Gasteiger partial charge in [-0.3, -0.25) is 0 Å². The lowest BCUT2D eigenvalue weighted by Gasteiger charge is -2.26. The van der Waals surface area contributed by atoms with Crippen LogP contribution in [0.4, 0.5) is 0 Å². The summed E-state index contributed by atoms with van der Waals surface area (Å²) in [5, 5.41) is 0. The summed E-state index contributed by atoms with van der Waals surface area (Å²) in [5.41, 5.74) is 3.34. The van der Waals surface area contributed by atoms with Gasteiger partial charge in [-0.1, -0.05) is 18.2 Å². The Bertz CT molecular complexity index is 676. The van der Waals surface area contributed by atoms with Crippen molar-refractivity contribution in [2.24, 2.45) is 0 Å². The highest BCUT2D eigenvalue weighted by Crippen LogP contribution is 2.39. The van der Waals surface area contributed by atoms with Crippen molar-refractivity contribution in [1.29, 1.82) is 0 Å². The van der Waals surface area contributed by atoms with E-state index in [1.165, 1.54) is 0 Å². The van der Waals surface area contributed by atoms with Crippen LogP contribution in [0, 0.1) is 0 Å². The standard InChI is InChI=1S/C17H19NO2S.ClH/c1-18(2)11-14-15(20-3)9-8-13-10-12-6-4-5-7-16(12)21(19)17(13)14;/h4-9H,10-11H2,1-3H3;1H. The van der Waals surface area contributed by atoms with E-state index < -0.39 is 11.2 Å². The van der Waals surface area contributed by atoms with E-state index in [0.717, 1.165) is 45.2 Å². The molecule has 0 radical (unpaired) electrons. The molecule has 5 heteroatoms. The van der Waals surface area contributed by atoms with Gasteiger partial charge in [0.25, 0.3) is 0 Å². The van der Waals surface area contributed by atoms with E-state index in [4.69, 9.17) is 4.74 Å². The molecule has 0 fully saturated rings. The molecule has 1 heterocycles. The highest BCUT2D eigenvalue weighted by molar-refractivity contribution is 7.91. The molecule has 2 aromatic carbocycles. The third-order valence-electron chi connectivity index (χ3n) is 3.73. The Kier molecular flexibility index (Phi) is 5.40. The van der Waals surface area contributed by atoms with Crippen LogP contribution in [0.25, 0.3) is 0 Å². The van der Waals surface area contributed by atoms with Crippen molar-refractivity contribution >= 4 is 23.6 Å². The molecular weight excluding hydrogens is 318 g/mol. The highest BCUT2D eigenvalue weighted by atomic mass is 35.5. The molecule has 3 rings (SSSR count). The van der Waals surface area contributed by atoms with E-state index in [-0.39, 0.29) is 12.4 Å². The van der Waals surface area contributed by atoms with E-state index in [1.807, 2.05) is 44.4 Å². The van der Waals surface area contributed by atoms with E-state index in [0.29, 0.717) is 0 Å². The van der Waals surface area contributed by atoms with Gasteiger partial charge in [-0.25, -0.2) is 0 Å². The average Bonchev–Trinajstić information content (AvgIpc) is 2.47. The molecule has 0 saturated carbocycles. The normalized spacial score (nSPS) is 15.8. The molecule has 0 N–H and O–H groups in total. The molecule has 22 heavy (non-hydrogen) atoms. The van der Waals surface area contributed by atoms with E-state index in [1.54, 1.807) is 7.11 Å². The predicted octanol–water partition coefficient (Wildman–Crippen LogP) is 3.25. The minimum Gasteiger partial charge on any atom is -0.606 e. The van der Waals surface area contributed by atoms with Gasteiger partial charge in [0.05, 0.1) is 12.7 Å². The summed E-state index contributed by atoms with van der Waals surface area (Å²) in [4.78, 5) is 3.94. The monoisotopic (exact) mass is 337 g/mol. The summed E-state index contributed by atoms with van der Waals surface area (Å²) in [5.74, 6) is 0.815. The van der Waals surface area contributed by atoms with Crippen molar-refractivity contribution < 1.29 is 9.29 Å². The van der Waals surface area contributed by atoms with E-state index >= 15 is 0 Å². The lowest BCUT2D eigenvalue weighted by Crippen LogP contribution is -2.20. The molecule has 1 unspecified atom stereocenters. The maximum Gasteiger partial charge on any atom is 0.170 e. The van der Waals surface area contributed by atoms with Crippen LogP contribution in [-0.2, 0) is 24.1 Å². The number of fused-ring (bicyclic) bond motifs is 2. The van der Waals surface area contributed by atoms with Crippen molar-refractivity contribution in [3.05, 3.63) is 53.1 Å². The fourth-order valence-electron chi connectivity index (χ4n) is 2.83. The number of rotatable bonds is 3. The lowest BCUT2D eigenvalue weighted by atomic mass is 10.0. The summed E-state index contributed by atoms with van der Waals surface area (Å²) >= 11 is -1.14. The average molecular weight is 338 g/mol. The van der Waals surface area contributed by atoms with E-state index in [2.05, 4.69) is 11.0 Å². The second-order valence-electron chi connectivity index (χ2n) is 5.53. The number of hydrogen-bond acceptors (Lipinski definition) is 3. The van der Waals surface area contributed by atoms with Crippen LogP contribution in [0.15, 0.2) is 46.2 Å². The zero-order valence-corrected chi connectivity index (χ0v) is 14.6. The second-order valence-corrected chi connectivity index (χ2v) is 6.91. The largest absolute Gasteiger partial charge is 0.606 e. The van der Waals surface area contributed by atoms with Crippen molar-refractivity contribution in [3.63, 3.8) is 0 Å². The number of ether oxygens (including phenoxy) is 1. The summed E-state index contributed by atoms with van der Waals surface area (Å²) < 4.78 is 18.5. The highest BCUT2D eigenvalue weighted by Gasteiger charge is 2.32. The predicted molar refractivity (Wildman–Crippen MR) is 91.6 cm³/mol. The summed E-state index contributed by atoms with van der Waals surface area (Å²) in [6.45, 7) is 0.722. The maximum atomic E-state index is 13.0. The molecule has 1 aliphatic rings. The first kappa shape index (κ1) is 17.2. The first-order valence-electron chi connectivity index (χ1n) is 6.95. The third kappa shape index (κ3) is 2.97. The lowest BCUT2D eigenvalue weighted by molar-refractivity contribution is 0.366. The van der Waals surface area contributed by atoms with Crippen molar-refractivity contribution in [2.45, 2.75) is 22.8 Å². The number of nitrogens with zero attached hydrogens (tertiary/aromatic N) is 1. The molecule has 0 spiro atoms. The molecule has 0 aliphatic carbocycles. The van der Waals surface area contributed by atoms with Gasteiger partial charge >= 0.3 is 0 Å².